The molecule has 1 aliphatic rings. The van der Waals surface area contributed by atoms with E-state index in [4.69, 9.17) is 11.5 Å². The third-order valence-electron chi connectivity index (χ3n) is 2.80. The van der Waals surface area contributed by atoms with Crippen LogP contribution in [0.4, 0.5) is 0 Å². The summed E-state index contributed by atoms with van der Waals surface area (Å²) in [5, 5.41) is 11.3. The lowest BCUT2D eigenvalue weighted by molar-refractivity contribution is -0.143. The number of carboxylic acids is 1. The Morgan fingerprint density at radius 1 is 1.33 bits per heavy atom. The monoisotopic (exact) mass is 209 g/mol. The summed E-state index contributed by atoms with van der Waals surface area (Å²) < 4.78 is 0. The molecule has 1 amide bonds. The standard InChI is InChI=1S/C11H15NO3/c1-2-9(13)12-10(11(14)15)8-6-4-3-5-7-8/h1,8,10H,3-7H2,(H,12,13)(H,14,15). The number of hydrogen-bond acceptors (Lipinski definition) is 2. The Kier molecular flexibility index (Phi) is 4.17. The summed E-state index contributed by atoms with van der Waals surface area (Å²) in [5.74, 6) is 0.258. The van der Waals surface area contributed by atoms with Gasteiger partial charge in [-0.05, 0) is 24.7 Å². The van der Waals surface area contributed by atoms with Gasteiger partial charge in [-0.2, -0.15) is 0 Å². The lowest BCUT2D eigenvalue weighted by Crippen LogP contribution is -2.46. The van der Waals surface area contributed by atoms with Crippen LogP contribution in [0.5, 0.6) is 0 Å². The number of carboxylic acid groups (broad SMARTS) is 1. The molecule has 4 heteroatoms. The molecule has 1 unspecified atom stereocenters. The molecule has 1 rings (SSSR count). The number of rotatable bonds is 3. The zero-order chi connectivity index (χ0) is 11.3. The summed E-state index contributed by atoms with van der Waals surface area (Å²) in [7, 11) is 0. The molecule has 1 aliphatic carbocycles. The highest BCUT2D eigenvalue weighted by molar-refractivity contribution is 5.95. The van der Waals surface area contributed by atoms with Crippen LogP contribution in [-0.4, -0.2) is 23.0 Å². The molecule has 0 saturated heterocycles. The lowest BCUT2D eigenvalue weighted by Gasteiger charge is -2.27. The van der Waals surface area contributed by atoms with Gasteiger partial charge in [0.1, 0.15) is 6.04 Å². The van der Waals surface area contributed by atoms with Crippen molar-refractivity contribution in [3.8, 4) is 12.3 Å². The van der Waals surface area contributed by atoms with Gasteiger partial charge in [0.15, 0.2) is 0 Å². The molecule has 0 aliphatic heterocycles. The fraction of sp³-hybridized carbons (Fsp3) is 0.636. The Morgan fingerprint density at radius 3 is 2.40 bits per heavy atom. The van der Waals surface area contributed by atoms with E-state index >= 15 is 0 Å². The second-order valence-electron chi connectivity index (χ2n) is 3.83. The van der Waals surface area contributed by atoms with Crippen molar-refractivity contribution >= 4 is 11.9 Å². The molecule has 1 saturated carbocycles. The molecule has 0 heterocycles. The average molecular weight is 209 g/mol. The quantitative estimate of drug-likeness (QED) is 0.675. The number of carbonyl (C=O) groups excluding carboxylic acids is 1. The van der Waals surface area contributed by atoms with Crippen molar-refractivity contribution in [3.63, 3.8) is 0 Å². The molecule has 0 aromatic carbocycles. The molecule has 0 radical (unpaired) electrons. The van der Waals surface area contributed by atoms with E-state index < -0.39 is 17.9 Å². The SMILES string of the molecule is C#CC(=O)NC(C(=O)O)C1CCCCC1. The van der Waals surface area contributed by atoms with Crippen LogP contribution in [0.1, 0.15) is 32.1 Å². The maximum atomic E-state index is 11.0. The van der Waals surface area contributed by atoms with Crippen LogP contribution in [0.3, 0.4) is 0 Å². The Morgan fingerprint density at radius 2 is 1.93 bits per heavy atom. The van der Waals surface area contributed by atoms with Crippen molar-refractivity contribution < 1.29 is 14.7 Å². The summed E-state index contributed by atoms with van der Waals surface area (Å²) >= 11 is 0. The van der Waals surface area contributed by atoms with E-state index in [0.717, 1.165) is 32.1 Å². The Balaban J connectivity index is 2.60. The van der Waals surface area contributed by atoms with Crippen molar-refractivity contribution in [1.82, 2.24) is 5.32 Å². The molecular formula is C11H15NO3. The maximum Gasteiger partial charge on any atom is 0.326 e. The first-order chi connectivity index (χ1) is 7.15. The fourth-order valence-electron chi connectivity index (χ4n) is 2.03. The van der Waals surface area contributed by atoms with Gasteiger partial charge in [0.2, 0.25) is 0 Å². The van der Waals surface area contributed by atoms with Gasteiger partial charge in [-0.25, -0.2) is 4.79 Å². The van der Waals surface area contributed by atoms with E-state index in [1.165, 1.54) is 0 Å². The summed E-state index contributed by atoms with van der Waals surface area (Å²) in [6.45, 7) is 0. The van der Waals surface area contributed by atoms with Gasteiger partial charge in [-0.1, -0.05) is 19.3 Å². The van der Waals surface area contributed by atoms with Crippen molar-refractivity contribution in [1.29, 1.82) is 0 Å². The molecule has 1 fully saturated rings. The van der Waals surface area contributed by atoms with Crippen LogP contribution in [0.15, 0.2) is 0 Å². The second kappa shape index (κ2) is 5.40. The molecule has 4 nitrogen and oxygen atoms in total. The Bertz CT molecular complexity index is 287. The van der Waals surface area contributed by atoms with Gasteiger partial charge < -0.3 is 10.4 Å². The Hall–Kier alpha value is -1.50. The number of carbonyl (C=O) groups is 2. The van der Waals surface area contributed by atoms with Crippen LogP contribution in [-0.2, 0) is 9.59 Å². The summed E-state index contributed by atoms with van der Waals surface area (Å²) in [4.78, 5) is 21.9. The smallest absolute Gasteiger partial charge is 0.326 e. The van der Waals surface area contributed by atoms with Gasteiger partial charge in [0.25, 0.3) is 5.91 Å². The van der Waals surface area contributed by atoms with Crippen molar-refractivity contribution in [2.24, 2.45) is 5.92 Å². The first kappa shape index (κ1) is 11.6. The van der Waals surface area contributed by atoms with Crippen LogP contribution in [0.2, 0.25) is 0 Å². The van der Waals surface area contributed by atoms with Crippen LogP contribution in [0.25, 0.3) is 0 Å². The number of terminal acetylenes is 1. The third kappa shape index (κ3) is 3.28. The van der Waals surface area contributed by atoms with Crippen LogP contribution >= 0.6 is 0 Å². The first-order valence-electron chi connectivity index (χ1n) is 5.15. The average Bonchev–Trinajstić information content (AvgIpc) is 2.26. The van der Waals surface area contributed by atoms with E-state index in [9.17, 15) is 9.59 Å². The second-order valence-corrected chi connectivity index (χ2v) is 3.83. The minimum atomic E-state index is -0.995. The lowest BCUT2D eigenvalue weighted by atomic mass is 9.84. The predicted molar refractivity (Wildman–Crippen MR) is 55.0 cm³/mol. The van der Waals surface area contributed by atoms with Crippen LogP contribution in [0, 0.1) is 18.3 Å². The summed E-state index contributed by atoms with van der Waals surface area (Å²) in [6, 6.07) is -0.825. The predicted octanol–water partition coefficient (Wildman–Crippen LogP) is 0.769. The van der Waals surface area contributed by atoms with Gasteiger partial charge in [-0.3, -0.25) is 4.79 Å². The van der Waals surface area contributed by atoms with E-state index in [-0.39, 0.29) is 5.92 Å². The molecule has 0 spiro atoms. The number of amides is 1. The van der Waals surface area contributed by atoms with Gasteiger partial charge >= 0.3 is 5.97 Å². The summed E-state index contributed by atoms with van der Waals surface area (Å²) in [5.41, 5.74) is 0. The highest BCUT2D eigenvalue weighted by atomic mass is 16.4. The molecule has 0 aromatic heterocycles. The Labute approximate surface area is 89.0 Å². The van der Waals surface area contributed by atoms with E-state index in [2.05, 4.69) is 5.32 Å². The zero-order valence-corrected chi connectivity index (χ0v) is 8.53. The number of aliphatic carboxylic acids is 1. The molecule has 1 atom stereocenters. The molecule has 0 bridgehead atoms. The molecule has 15 heavy (non-hydrogen) atoms. The third-order valence-corrected chi connectivity index (χ3v) is 2.80. The highest BCUT2D eigenvalue weighted by Crippen LogP contribution is 2.26. The van der Waals surface area contributed by atoms with Gasteiger partial charge in [0, 0.05) is 0 Å². The largest absolute Gasteiger partial charge is 0.480 e. The normalized spacial score (nSPS) is 18.9. The molecular weight excluding hydrogens is 194 g/mol. The van der Waals surface area contributed by atoms with Crippen LogP contribution < -0.4 is 5.32 Å². The molecule has 2 N–H and O–H groups in total. The fourth-order valence-corrected chi connectivity index (χ4v) is 2.03. The van der Waals surface area contributed by atoms with Crippen molar-refractivity contribution in [2.45, 2.75) is 38.1 Å². The van der Waals surface area contributed by atoms with E-state index in [0.29, 0.717) is 0 Å². The topological polar surface area (TPSA) is 66.4 Å². The van der Waals surface area contributed by atoms with Gasteiger partial charge in [-0.15, -0.1) is 6.42 Å². The highest BCUT2D eigenvalue weighted by Gasteiger charge is 2.30. The first-order valence-corrected chi connectivity index (χ1v) is 5.15. The van der Waals surface area contributed by atoms with Crippen molar-refractivity contribution in [2.75, 3.05) is 0 Å². The maximum absolute atomic E-state index is 11.0. The van der Waals surface area contributed by atoms with E-state index in [1.54, 1.807) is 0 Å². The number of hydrogen-bond donors (Lipinski definition) is 2. The molecule has 82 valence electrons. The van der Waals surface area contributed by atoms with E-state index in [1.807, 2.05) is 5.92 Å². The minimum Gasteiger partial charge on any atom is -0.480 e. The number of nitrogens with one attached hydrogen (secondary N) is 1. The minimum absolute atomic E-state index is 0.0218. The summed E-state index contributed by atoms with van der Waals surface area (Å²) in [6.07, 6.45) is 9.79. The zero-order valence-electron chi connectivity index (χ0n) is 8.53. The molecule has 0 aromatic rings. The van der Waals surface area contributed by atoms with Gasteiger partial charge in [0.05, 0.1) is 0 Å². The van der Waals surface area contributed by atoms with Crippen molar-refractivity contribution in [3.05, 3.63) is 0 Å².